The molecule has 3 heterocycles. The van der Waals surface area contributed by atoms with Gasteiger partial charge in [0.05, 0.1) is 23.1 Å². The van der Waals surface area contributed by atoms with Crippen molar-refractivity contribution >= 4 is 28.5 Å². The van der Waals surface area contributed by atoms with Gasteiger partial charge in [-0.15, -0.1) is 0 Å². The maximum Gasteiger partial charge on any atom is 0.238 e. The zero-order chi connectivity index (χ0) is 23.9. The number of amides is 2. The van der Waals surface area contributed by atoms with Gasteiger partial charge in [-0.2, -0.15) is 0 Å². The Morgan fingerprint density at radius 2 is 2.03 bits per heavy atom. The van der Waals surface area contributed by atoms with E-state index in [9.17, 15) is 9.59 Å². The summed E-state index contributed by atoms with van der Waals surface area (Å²) in [5.41, 5.74) is 3.60. The number of likely N-dealkylation sites (tertiary alicyclic amines) is 1. The number of imidazole rings is 1. The number of nitrogens with zero attached hydrogens (tertiary/aromatic N) is 3. The number of hydrogen-bond donors (Lipinski definition) is 2. The van der Waals surface area contributed by atoms with Crippen molar-refractivity contribution in [1.82, 2.24) is 19.8 Å². The molecule has 3 atom stereocenters. The molecule has 3 aromatic rings. The standard InChI is InChI=1S/C27H33N5O2/c1-18-28-22-15-20(12-13-23(22)31(18)3)29-26(34)17-32-21(14-19-8-5-4-6-9-19)16-27(2)24(32)10-7-11-25(33)30-27/h4-6,8-9,12-13,15,21,24H,7,10-11,14,16-17H2,1-3H3,(H,29,34)(H,30,33)/t21-,24+,27+/m1/s1. The van der Waals surface area contributed by atoms with Crippen LogP contribution in [-0.2, 0) is 23.1 Å². The average molecular weight is 460 g/mol. The van der Waals surface area contributed by atoms with Crippen molar-refractivity contribution in [3.63, 3.8) is 0 Å². The molecular weight excluding hydrogens is 426 g/mol. The third kappa shape index (κ3) is 4.32. The van der Waals surface area contributed by atoms with Gasteiger partial charge in [-0.3, -0.25) is 14.5 Å². The van der Waals surface area contributed by atoms with Gasteiger partial charge in [0, 0.05) is 31.2 Å². The van der Waals surface area contributed by atoms with Crippen LogP contribution in [0.5, 0.6) is 0 Å². The molecular formula is C27H33N5O2. The van der Waals surface area contributed by atoms with E-state index < -0.39 is 0 Å². The molecule has 0 radical (unpaired) electrons. The number of carbonyl (C=O) groups is 2. The normalized spacial score (nSPS) is 25.1. The summed E-state index contributed by atoms with van der Waals surface area (Å²) in [4.78, 5) is 32.5. The van der Waals surface area contributed by atoms with Crippen molar-refractivity contribution in [1.29, 1.82) is 0 Å². The summed E-state index contributed by atoms with van der Waals surface area (Å²) in [6.07, 6.45) is 4.00. The molecule has 7 nitrogen and oxygen atoms in total. The molecule has 0 bridgehead atoms. The van der Waals surface area contributed by atoms with Crippen molar-refractivity contribution in [3.8, 4) is 0 Å². The summed E-state index contributed by atoms with van der Waals surface area (Å²) in [6.45, 7) is 4.42. The Bertz CT molecular complexity index is 1220. The van der Waals surface area contributed by atoms with Gasteiger partial charge < -0.3 is 15.2 Å². The topological polar surface area (TPSA) is 79.3 Å². The maximum absolute atomic E-state index is 13.2. The minimum atomic E-state index is -0.322. The van der Waals surface area contributed by atoms with E-state index >= 15 is 0 Å². The Balaban J connectivity index is 1.37. The van der Waals surface area contributed by atoms with Crippen LogP contribution < -0.4 is 10.6 Å². The van der Waals surface area contributed by atoms with Gasteiger partial charge in [0.25, 0.3) is 0 Å². The van der Waals surface area contributed by atoms with E-state index in [1.54, 1.807) is 0 Å². The van der Waals surface area contributed by atoms with E-state index in [-0.39, 0.29) is 29.4 Å². The lowest BCUT2D eigenvalue weighted by atomic mass is 9.89. The second kappa shape index (κ2) is 8.87. The number of benzene rings is 2. The Morgan fingerprint density at radius 3 is 2.82 bits per heavy atom. The molecule has 2 fully saturated rings. The first-order valence-electron chi connectivity index (χ1n) is 12.2. The lowest BCUT2D eigenvalue weighted by Crippen LogP contribution is -2.54. The highest BCUT2D eigenvalue weighted by Crippen LogP contribution is 2.39. The maximum atomic E-state index is 13.2. The summed E-state index contributed by atoms with van der Waals surface area (Å²) in [5, 5.41) is 6.38. The van der Waals surface area contributed by atoms with Crippen molar-refractivity contribution in [2.75, 3.05) is 11.9 Å². The molecule has 0 spiro atoms. The second-order valence-corrected chi connectivity index (χ2v) is 10.1. The third-order valence-electron chi connectivity index (χ3n) is 7.60. The molecule has 34 heavy (non-hydrogen) atoms. The molecule has 0 saturated carbocycles. The second-order valence-electron chi connectivity index (χ2n) is 10.1. The van der Waals surface area contributed by atoms with E-state index in [0.29, 0.717) is 13.0 Å². The van der Waals surface area contributed by atoms with Crippen LogP contribution in [0.2, 0.25) is 0 Å². The zero-order valence-corrected chi connectivity index (χ0v) is 20.2. The van der Waals surface area contributed by atoms with Gasteiger partial charge >= 0.3 is 0 Å². The first-order chi connectivity index (χ1) is 16.3. The smallest absolute Gasteiger partial charge is 0.238 e. The summed E-state index contributed by atoms with van der Waals surface area (Å²) in [5.74, 6) is 1.02. The van der Waals surface area contributed by atoms with Crippen molar-refractivity contribution < 1.29 is 9.59 Å². The van der Waals surface area contributed by atoms with Crippen LogP contribution in [0.15, 0.2) is 48.5 Å². The number of rotatable bonds is 5. The van der Waals surface area contributed by atoms with Crippen LogP contribution >= 0.6 is 0 Å². The number of nitrogens with one attached hydrogen (secondary N) is 2. The Labute approximate surface area is 200 Å². The number of fused-ring (bicyclic) bond motifs is 2. The summed E-state index contributed by atoms with van der Waals surface area (Å²) < 4.78 is 2.04. The molecule has 5 rings (SSSR count). The van der Waals surface area contributed by atoms with Gasteiger partial charge in [0.2, 0.25) is 11.8 Å². The first kappa shape index (κ1) is 22.6. The number of aryl methyl sites for hydroxylation is 2. The Morgan fingerprint density at radius 1 is 1.24 bits per heavy atom. The molecule has 2 amide bonds. The number of anilines is 1. The van der Waals surface area contributed by atoms with Crippen LogP contribution in [0.4, 0.5) is 5.69 Å². The molecule has 2 aromatic carbocycles. The average Bonchev–Trinajstić information content (AvgIpc) is 3.14. The largest absolute Gasteiger partial charge is 0.349 e. The predicted octanol–water partition coefficient (Wildman–Crippen LogP) is 3.56. The Kier molecular flexibility index (Phi) is 5.90. The number of aromatic nitrogens is 2. The fourth-order valence-corrected chi connectivity index (χ4v) is 5.90. The number of carbonyl (C=O) groups excluding carboxylic acids is 2. The molecule has 7 heteroatoms. The van der Waals surface area contributed by atoms with E-state index in [1.165, 1.54) is 5.56 Å². The predicted molar refractivity (Wildman–Crippen MR) is 134 cm³/mol. The highest BCUT2D eigenvalue weighted by atomic mass is 16.2. The fourth-order valence-electron chi connectivity index (χ4n) is 5.90. The van der Waals surface area contributed by atoms with Gasteiger partial charge in [-0.05, 0) is 63.3 Å². The first-order valence-corrected chi connectivity index (χ1v) is 12.2. The van der Waals surface area contributed by atoms with Gasteiger partial charge in [-0.25, -0.2) is 4.98 Å². The lowest BCUT2D eigenvalue weighted by molar-refractivity contribution is -0.122. The minimum Gasteiger partial charge on any atom is -0.349 e. The van der Waals surface area contributed by atoms with Crippen LogP contribution in [0.25, 0.3) is 11.0 Å². The van der Waals surface area contributed by atoms with E-state index in [2.05, 4.69) is 51.7 Å². The highest BCUT2D eigenvalue weighted by molar-refractivity contribution is 5.94. The molecule has 2 N–H and O–H groups in total. The molecule has 2 aliphatic rings. The van der Waals surface area contributed by atoms with Crippen molar-refractivity contribution in [3.05, 3.63) is 59.9 Å². The van der Waals surface area contributed by atoms with Crippen LogP contribution in [0, 0.1) is 6.92 Å². The quantitative estimate of drug-likeness (QED) is 0.612. The Hall–Kier alpha value is -3.19. The van der Waals surface area contributed by atoms with Crippen molar-refractivity contribution in [2.24, 2.45) is 7.05 Å². The van der Waals surface area contributed by atoms with Crippen LogP contribution in [0.3, 0.4) is 0 Å². The SMILES string of the molecule is Cc1nc2cc(NC(=O)CN3[C@H](Cc4ccccc4)C[C@]4(C)NC(=O)CCC[C@H]34)ccc2n1C. The van der Waals surface area contributed by atoms with E-state index in [0.717, 1.165) is 48.2 Å². The monoisotopic (exact) mass is 459 g/mol. The molecule has 1 aromatic heterocycles. The summed E-state index contributed by atoms with van der Waals surface area (Å²) in [6, 6.07) is 16.6. The third-order valence-corrected chi connectivity index (χ3v) is 7.60. The van der Waals surface area contributed by atoms with E-state index in [4.69, 9.17) is 0 Å². The fraction of sp³-hybridized carbons (Fsp3) is 0.444. The lowest BCUT2D eigenvalue weighted by Gasteiger charge is -2.34. The van der Waals surface area contributed by atoms with Gasteiger partial charge in [-0.1, -0.05) is 30.3 Å². The number of hydrogen-bond acceptors (Lipinski definition) is 4. The summed E-state index contributed by atoms with van der Waals surface area (Å²) >= 11 is 0. The van der Waals surface area contributed by atoms with Gasteiger partial charge in [0.1, 0.15) is 5.82 Å². The minimum absolute atomic E-state index is 0.0371. The van der Waals surface area contributed by atoms with Crippen LogP contribution in [0.1, 0.15) is 44.0 Å². The van der Waals surface area contributed by atoms with E-state index in [1.807, 2.05) is 42.8 Å². The molecule has 2 aliphatic heterocycles. The molecule has 178 valence electrons. The van der Waals surface area contributed by atoms with Crippen molar-refractivity contribution in [2.45, 2.75) is 63.6 Å². The van der Waals surface area contributed by atoms with Crippen LogP contribution in [-0.4, -0.2) is 50.4 Å². The zero-order valence-electron chi connectivity index (χ0n) is 20.2. The molecule has 0 unspecified atom stereocenters. The summed E-state index contributed by atoms with van der Waals surface area (Å²) in [7, 11) is 1.99. The molecule has 2 saturated heterocycles. The highest BCUT2D eigenvalue weighted by Gasteiger charge is 2.50. The molecule has 0 aliphatic carbocycles. The van der Waals surface area contributed by atoms with Gasteiger partial charge in [0.15, 0.2) is 0 Å².